The van der Waals surface area contributed by atoms with Gasteiger partial charge >= 0.3 is 6.09 Å². The van der Waals surface area contributed by atoms with Gasteiger partial charge in [0, 0.05) is 18.0 Å². The summed E-state index contributed by atoms with van der Waals surface area (Å²) in [6.45, 7) is 9.44. The second-order valence-corrected chi connectivity index (χ2v) is 12.5. The Bertz CT molecular complexity index is 1420. The van der Waals surface area contributed by atoms with Gasteiger partial charge in [0.25, 0.3) is 5.91 Å². The first kappa shape index (κ1) is 34.8. The van der Waals surface area contributed by atoms with Crippen molar-refractivity contribution in [1.29, 1.82) is 0 Å². The molecule has 2 atom stereocenters. The molecule has 0 aliphatic carbocycles. The summed E-state index contributed by atoms with van der Waals surface area (Å²) in [6, 6.07) is 16.4. The number of aromatic hydroxyl groups is 1. The summed E-state index contributed by atoms with van der Waals surface area (Å²) in [5, 5.41) is 18.0. The molecule has 3 N–H and O–H groups in total. The molecule has 44 heavy (non-hydrogen) atoms. The quantitative estimate of drug-likeness (QED) is 0.110. The fraction of sp³-hybridized carbons (Fsp3) is 0.457. The van der Waals surface area contributed by atoms with Crippen molar-refractivity contribution < 1.29 is 24.2 Å². The summed E-state index contributed by atoms with van der Waals surface area (Å²) in [5.41, 5.74) is 0.973. The number of nitrogens with zero attached hydrogens (tertiary/aromatic N) is 1. The highest BCUT2D eigenvalue weighted by Crippen LogP contribution is 2.29. The number of phenols is 1. The topological polar surface area (TPSA) is 108 Å². The maximum Gasteiger partial charge on any atom is 0.408 e. The van der Waals surface area contributed by atoms with Gasteiger partial charge in [-0.3, -0.25) is 9.59 Å². The Morgan fingerprint density at radius 2 is 1.61 bits per heavy atom. The van der Waals surface area contributed by atoms with E-state index < -0.39 is 35.6 Å². The van der Waals surface area contributed by atoms with E-state index in [2.05, 4.69) is 30.2 Å². The van der Waals surface area contributed by atoms with Gasteiger partial charge in [-0.2, -0.15) is 12.6 Å². The Hall–Kier alpha value is -3.72. The van der Waals surface area contributed by atoms with Crippen molar-refractivity contribution in [2.45, 2.75) is 90.8 Å². The van der Waals surface area contributed by atoms with E-state index in [1.807, 2.05) is 42.5 Å². The average molecular weight is 622 g/mol. The van der Waals surface area contributed by atoms with Crippen LogP contribution in [0.4, 0.5) is 10.5 Å². The molecule has 0 bridgehead atoms. The minimum Gasteiger partial charge on any atom is -0.508 e. The number of benzene rings is 3. The van der Waals surface area contributed by atoms with Crippen LogP contribution >= 0.6 is 12.6 Å². The highest BCUT2D eigenvalue weighted by atomic mass is 32.1. The lowest BCUT2D eigenvalue weighted by Crippen LogP contribution is -2.53. The van der Waals surface area contributed by atoms with Gasteiger partial charge in [-0.25, -0.2) is 4.79 Å². The zero-order valence-electron chi connectivity index (χ0n) is 26.6. The fourth-order valence-corrected chi connectivity index (χ4v) is 5.31. The molecule has 0 heterocycles. The number of thiol groups is 1. The van der Waals surface area contributed by atoms with E-state index in [1.54, 1.807) is 39.8 Å². The van der Waals surface area contributed by atoms with E-state index in [1.165, 1.54) is 11.0 Å². The maximum absolute atomic E-state index is 14.2. The maximum atomic E-state index is 14.2. The van der Waals surface area contributed by atoms with Gasteiger partial charge in [-0.1, -0.05) is 75.4 Å². The summed E-state index contributed by atoms with van der Waals surface area (Å²) >= 11 is 4.38. The van der Waals surface area contributed by atoms with Crippen molar-refractivity contribution in [2.24, 2.45) is 0 Å². The Morgan fingerprint density at radius 1 is 0.932 bits per heavy atom. The van der Waals surface area contributed by atoms with Crippen LogP contribution in [-0.4, -0.2) is 51.9 Å². The summed E-state index contributed by atoms with van der Waals surface area (Å²) in [6.07, 6.45) is 5.24. The van der Waals surface area contributed by atoms with Crippen LogP contribution in [0.25, 0.3) is 10.8 Å². The third-order valence-corrected chi connectivity index (χ3v) is 7.69. The molecule has 3 aromatic carbocycles. The molecule has 0 spiro atoms. The molecule has 3 aromatic rings. The van der Waals surface area contributed by atoms with E-state index in [4.69, 9.17) is 4.74 Å². The number of aryl methyl sites for hydroxylation is 1. The lowest BCUT2D eigenvalue weighted by molar-refractivity contribution is -0.140. The van der Waals surface area contributed by atoms with E-state index >= 15 is 0 Å². The first-order valence-corrected chi connectivity index (χ1v) is 16.1. The van der Waals surface area contributed by atoms with E-state index in [0.29, 0.717) is 29.8 Å². The van der Waals surface area contributed by atoms with Crippen molar-refractivity contribution in [3.8, 4) is 5.75 Å². The van der Waals surface area contributed by atoms with E-state index in [9.17, 15) is 19.5 Å². The van der Waals surface area contributed by atoms with E-state index in [-0.39, 0.29) is 11.5 Å². The van der Waals surface area contributed by atoms with Crippen molar-refractivity contribution in [3.05, 3.63) is 71.8 Å². The molecule has 0 saturated heterocycles. The molecule has 0 aliphatic heterocycles. The highest BCUT2D eigenvalue weighted by molar-refractivity contribution is 7.80. The number of carbonyl (C=O) groups excluding carboxylic acids is 3. The molecule has 3 rings (SSSR count). The third-order valence-electron chi connectivity index (χ3n) is 7.32. The van der Waals surface area contributed by atoms with Crippen LogP contribution in [-0.2, 0) is 14.3 Å². The predicted molar refractivity (Wildman–Crippen MR) is 180 cm³/mol. The van der Waals surface area contributed by atoms with Crippen molar-refractivity contribution >= 4 is 47.0 Å². The molecule has 0 aliphatic rings. The second-order valence-electron chi connectivity index (χ2n) is 12.2. The number of carbonyl (C=O) groups is 3. The number of hydrogen-bond donors (Lipinski definition) is 4. The van der Waals surface area contributed by atoms with Crippen molar-refractivity contribution in [3.63, 3.8) is 0 Å². The van der Waals surface area contributed by atoms with Gasteiger partial charge in [-0.15, -0.1) is 0 Å². The first-order valence-electron chi connectivity index (χ1n) is 15.4. The van der Waals surface area contributed by atoms with Crippen LogP contribution in [0.5, 0.6) is 5.75 Å². The smallest absolute Gasteiger partial charge is 0.408 e. The number of unbranched alkanes of at least 4 members (excludes halogenated alkanes) is 5. The standard InChI is InChI=1S/C35H47N3O5S/c1-6-7-8-9-10-13-20-38(33(41)29(23-44)37-34(42)43-35(3,4)5)31(27-17-19-30(39)24(2)21-27)32(40)36-28-18-16-25-14-11-12-15-26(25)22-28/h11-12,14-19,21-22,29,31,39,44H,6-10,13,20,23H2,1-5H3,(H,36,40)(H,37,42). The number of anilines is 1. The molecular weight excluding hydrogens is 574 g/mol. The zero-order chi connectivity index (χ0) is 32.3. The summed E-state index contributed by atoms with van der Waals surface area (Å²) in [7, 11) is 0. The Kier molecular flexibility index (Phi) is 12.9. The van der Waals surface area contributed by atoms with Crippen LogP contribution in [0.1, 0.15) is 83.4 Å². The molecule has 8 nitrogen and oxygen atoms in total. The first-order chi connectivity index (χ1) is 20.9. The Balaban J connectivity index is 1.99. The largest absolute Gasteiger partial charge is 0.508 e. The van der Waals surface area contributed by atoms with Crippen LogP contribution in [0.3, 0.4) is 0 Å². The molecule has 0 fully saturated rings. The fourth-order valence-electron chi connectivity index (χ4n) is 5.06. The number of ether oxygens (including phenoxy) is 1. The summed E-state index contributed by atoms with van der Waals surface area (Å²) in [5.74, 6) is -0.738. The highest BCUT2D eigenvalue weighted by Gasteiger charge is 2.36. The number of hydrogen-bond acceptors (Lipinski definition) is 6. The van der Waals surface area contributed by atoms with Crippen LogP contribution in [0.2, 0.25) is 0 Å². The number of nitrogens with one attached hydrogen (secondary N) is 2. The number of amides is 3. The van der Waals surface area contributed by atoms with E-state index in [0.717, 1.165) is 42.9 Å². The van der Waals surface area contributed by atoms with Crippen molar-refractivity contribution in [2.75, 3.05) is 17.6 Å². The molecule has 0 saturated carbocycles. The molecular formula is C35H47N3O5S. The van der Waals surface area contributed by atoms with Gasteiger partial charge < -0.3 is 25.4 Å². The normalized spacial score (nSPS) is 12.8. The Labute approximate surface area is 267 Å². The SMILES string of the molecule is CCCCCCCCN(C(=O)C(CS)NC(=O)OC(C)(C)C)C(C(=O)Nc1ccc2ccccc2c1)c1ccc(O)c(C)c1. The number of fused-ring (bicyclic) bond motifs is 1. The predicted octanol–water partition coefficient (Wildman–Crippen LogP) is 7.55. The van der Waals surface area contributed by atoms with Gasteiger partial charge in [0.05, 0.1) is 0 Å². The lowest BCUT2D eigenvalue weighted by Gasteiger charge is -2.34. The average Bonchev–Trinajstić information content (AvgIpc) is 2.97. The van der Waals surface area contributed by atoms with Crippen LogP contribution in [0.15, 0.2) is 60.7 Å². The van der Waals surface area contributed by atoms with Gasteiger partial charge in [0.2, 0.25) is 5.91 Å². The number of alkyl carbamates (subject to hydrolysis) is 1. The zero-order valence-corrected chi connectivity index (χ0v) is 27.5. The molecule has 238 valence electrons. The number of phenolic OH excluding ortho intramolecular Hbond substituents is 1. The molecule has 9 heteroatoms. The molecule has 0 radical (unpaired) electrons. The third kappa shape index (κ3) is 10.2. The van der Waals surface area contributed by atoms with Crippen molar-refractivity contribution in [1.82, 2.24) is 10.2 Å². The lowest BCUT2D eigenvalue weighted by atomic mass is 9.99. The summed E-state index contributed by atoms with van der Waals surface area (Å²) < 4.78 is 5.41. The minimum absolute atomic E-state index is 0.0126. The van der Waals surface area contributed by atoms with Gasteiger partial charge in [0.15, 0.2) is 0 Å². The molecule has 2 unspecified atom stereocenters. The molecule has 3 amide bonds. The Morgan fingerprint density at radius 3 is 2.27 bits per heavy atom. The van der Waals surface area contributed by atoms with Crippen LogP contribution < -0.4 is 10.6 Å². The second kappa shape index (κ2) is 16.4. The minimum atomic E-state index is -1.04. The monoisotopic (exact) mass is 621 g/mol. The number of rotatable bonds is 14. The van der Waals surface area contributed by atoms with Crippen LogP contribution in [0, 0.1) is 6.92 Å². The van der Waals surface area contributed by atoms with Gasteiger partial charge in [0.1, 0.15) is 23.4 Å². The molecule has 0 aromatic heterocycles. The summed E-state index contributed by atoms with van der Waals surface area (Å²) in [4.78, 5) is 42.6. The van der Waals surface area contributed by atoms with Gasteiger partial charge in [-0.05, 0) is 80.3 Å².